The van der Waals surface area contributed by atoms with E-state index in [-0.39, 0.29) is 12.5 Å². The van der Waals surface area contributed by atoms with Crippen LogP contribution in [0.1, 0.15) is 21.5 Å². The van der Waals surface area contributed by atoms with E-state index in [1.54, 1.807) is 24.3 Å². The number of aryl methyl sites for hydroxylation is 1. The minimum atomic E-state index is -0.585. The first kappa shape index (κ1) is 16.0. The Morgan fingerprint density at radius 1 is 1.14 bits per heavy atom. The molecule has 0 heterocycles. The van der Waals surface area contributed by atoms with Gasteiger partial charge in [0.05, 0.1) is 5.56 Å². The van der Waals surface area contributed by atoms with Crippen LogP contribution in [0.15, 0.2) is 42.5 Å². The van der Waals surface area contributed by atoms with Crippen LogP contribution < -0.4 is 5.32 Å². The van der Waals surface area contributed by atoms with Crippen molar-refractivity contribution < 1.29 is 14.3 Å². The third-order valence-corrected chi connectivity index (χ3v) is 3.51. The van der Waals surface area contributed by atoms with E-state index in [4.69, 9.17) is 16.3 Å². The van der Waals surface area contributed by atoms with E-state index in [9.17, 15) is 9.59 Å². The molecule has 0 spiro atoms. The Kier molecular flexibility index (Phi) is 5.17. The van der Waals surface area contributed by atoms with Gasteiger partial charge in [-0.2, -0.15) is 0 Å². The van der Waals surface area contributed by atoms with Crippen molar-refractivity contribution in [3.8, 4) is 0 Å². The molecule has 0 bridgehead atoms. The lowest BCUT2D eigenvalue weighted by atomic mass is 10.1. The van der Waals surface area contributed by atoms with Gasteiger partial charge in [0.25, 0.3) is 5.91 Å². The molecule has 1 N–H and O–H groups in total. The Hall–Kier alpha value is -2.33. The number of carbonyl (C=O) groups excluding carboxylic acids is 2. The Labute approximate surface area is 134 Å². The highest BCUT2D eigenvalue weighted by Crippen LogP contribution is 2.18. The summed E-state index contributed by atoms with van der Waals surface area (Å²) in [6, 6.07) is 12.0. The molecule has 0 fully saturated rings. The number of carbonyl (C=O) groups is 2. The minimum Gasteiger partial charge on any atom is -0.452 e. The highest BCUT2D eigenvalue weighted by molar-refractivity contribution is 6.30. The average Bonchev–Trinajstić information content (AvgIpc) is 2.49. The number of hydrogen-bond acceptors (Lipinski definition) is 3. The van der Waals surface area contributed by atoms with Crippen LogP contribution in [0.25, 0.3) is 0 Å². The molecule has 2 aromatic rings. The summed E-state index contributed by atoms with van der Waals surface area (Å²) in [7, 11) is 0. The summed E-state index contributed by atoms with van der Waals surface area (Å²) in [5.74, 6) is -0.970. The van der Waals surface area contributed by atoms with Crippen LogP contribution in [0.5, 0.6) is 0 Å². The zero-order chi connectivity index (χ0) is 16.1. The lowest BCUT2D eigenvalue weighted by Gasteiger charge is -2.10. The first-order valence-electron chi connectivity index (χ1n) is 6.76. The fraction of sp³-hybridized carbons (Fsp3) is 0.176. The quantitative estimate of drug-likeness (QED) is 0.874. The van der Waals surface area contributed by atoms with Gasteiger partial charge < -0.3 is 10.1 Å². The molecule has 0 aliphatic heterocycles. The Morgan fingerprint density at radius 2 is 1.86 bits per heavy atom. The SMILES string of the molecule is Cc1cccc(NC(=O)COC(=O)c2cccc(Cl)c2)c1C. The number of nitrogens with one attached hydrogen (secondary N) is 1. The molecule has 22 heavy (non-hydrogen) atoms. The van der Waals surface area contributed by atoms with Crippen LogP contribution in [0.3, 0.4) is 0 Å². The number of esters is 1. The lowest BCUT2D eigenvalue weighted by molar-refractivity contribution is -0.119. The summed E-state index contributed by atoms with van der Waals surface area (Å²) in [5.41, 5.74) is 3.08. The third kappa shape index (κ3) is 4.09. The molecule has 1 amide bonds. The van der Waals surface area contributed by atoms with Crippen molar-refractivity contribution in [3.05, 3.63) is 64.2 Å². The molecule has 0 atom stereocenters. The van der Waals surface area contributed by atoms with Gasteiger partial charge >= 0.3 is 5.97 Å². The molecule has 5 heteroatoms. The van der Waals surface area contributed by atoms with E-state index >= 15 is 0 Å². The van der Waals surface area contributed by atoms with Crippen LogP contribution in [-0.2, 0) is 9.53 Å². The first-order valence-corrected chi connectivity index (χ1v) is 7.14. The standard InChI is InChI=1S/C17H16ClNO3/c1-11-5-3-8-15(12(11)2)19-16(20)10-22-17(21)13-6-4-7-14(18)9-13/h3-9H,10H2,1-2H3,(H,19,20). The van der Waals surface area contributed by atoms with E-state index in [1.165, 1.54) is 6.07 Å². The second kappa shape index (κ2) is 7.09. The topological polar surface area (TPSA) is 55.4 Å². The summed E-state index contributed by atoms with van der Waals surface area (Å²) < 4.78 is 4.98. The number of halogens is 1. The molecular formula is C17H16ClNO3. The van der Waals surface area contributed by atoms with Crippen molar-refractivity contribution >= 4 is 29.2 Å². The number of ether oxygens (including phenoxy) is 1. The molecule has 0 unspecified atom stereocenters. The molecule has 0 radical (unpaired) electrons. The highest BCUT2D eigenvalue weighted by Gasteiger charge is 2.11. The zero-order valence-electron chi connectivity index (χ0n) is 12.4. The number of amides is 1. The molecule has 0 aliphatic rings. The number of rotatable bonds is 4. The Morgan fingerprint density at radius 3 is 2.59 bits per heavy atom. The van der Waals surface area contributed by atoms with E-state index in [0.29, 0.717) is 16.3 Å². The van der Waals surface area contributed by atoms with Crippen molar-refractivity contribution in [1.82, 2.24) is 0 Å². The predicted octanol–water partition coefficient (Wildman–Crippen LogP) is 3.75. The van der Waals surface area contributed by atoms with Crippen molar-refractivity contribution in [2.75, 3.05) is 11.9 Å². The number of hydrogen-bond donors (Lipinski definition) is 1. The minimum absolute atomic E-state index is 0.312. The van der Waals surface area contributed by atoms with Gasteiger partial charge in [-0.1, -0.05) is 29.8 Å². The smallest absolute Gasteiger partial charge is 0.338 e. The highest BCUT2D eigenvalue weighted by atomic mass is 35.5. The van der Waals surface area contributed by atoms with E-state index in [0.717, 1.165) is 11.1 Å². The van der Waals surface area contributed by atoms with Crippen molar-refractivity contribution in [1.29, 1.82) is 0 Å². The zero-order valence-corrected chi connectivity index (χ0v) is 13.1. The van der Waals surface area contributed by atoms with Crippen LogP contribution in [0, 0.1) is 13.8 Å². The first-order chi connectivity index (χ1) is 10.5. The van der Waals surface area contributed by atoms with Crippen LogP contribution in [-0.4, -0.2) is 18.5 Å². The van der Waals surface area contributed by atoms with Crippen molar-refractivity contribution in [2.24, 2.45) is 0 Å². The summed E-state index contributed by atoms with van der Waals surface area (Å²) >= 11 is 5.80. The van der Waals surface area contributed by atoms with Crippen LogP contribution in [0.4, 0.5) is 5.69 Å². The predicted molar refractivity (Wildman–Crippen MR) is 86.3 cm³/mol. The molecule has 0 saturated heterocycles. The summed E-state index contributed by atoms with van der Waals surface area (Å²) in [6.07, 6.45) is 0. The molecule has 114 valence electrons. The van der Waals surface area contributed by atoms with Gasteiger partial charge in [-0.05, 0) is 49.2 Å². The van der Waals surface area contributed by atoms with Gasteiger partial charge in [0.15, 0.2) is 6.61 Å². The van der Waals surface area contributed by atoms with Crippen molar-refractivity contribution in [3.63, 3.8) is 0 Å². The van der Waals surface area contributed by atoms with Crippen molar-refractivity contribution in [2.45, 2.75) is 13.8 Å². The van der Waals surface area contributed by atoms with Gasteiger partial charge in [-0.15, -0.1) is 0 Å². The van der Waals surface area contributed by atoms with Crippen LogP contribution >= 0.6 is 11.6 Å². The molecule has 2 aromatic carbocycles. The fourth-order valence-electron chi connectivity index (χ4n) is 1.90. The number of anilines is 1. The third-order valence-electron chi connectivity index (χ3n) is 3.27. The average molecular weight is 318 g/mol. The number of benzene rings is 2. The van der Waals surface area contributed by atoms with E-state index in [2.05, 4.69) is 5.32 Å². The maximum Gasteiger partial charge on any atom is 0.338 e. The molecule has 2 rings (SSSR count). The Balaban J connectivity index is 1.93. The van der Waals surface area contributed by atoms with E-state index < -0.39 is 5.97 Å². The van der Waals surface area contributed by atoms with Gasteiger partial charge in [-0.3, -0.25) is 4.79 Å². The normalized spacial score (nSPS) is 10.1. The molecule has 4 nitrogen and oxygen atoms in total. The second-order valence-electron chi connectivity index (χ2n) is 4.88. The monoisotopic (exact) mass is 317 g/mol. The molecule has 0 aliphatic carbocycles. The van der Waals surface area contributed by atoms with Gasteiger partial charge in [0.2, 0.25) is 0 Å². The maximum absolute atomic E-state index is 11.9. The van der Waals surface area contributed by atoms with Gasteiger partial charge in [-0.25, -0.2) is 4.79 Å². The summed E-state index contributed by atoms with van der Waals surface area (Å²) in [5, 5.41) is 3.17. The molecule has 0 saturated carbocycles. The summed E-state index contributed by atoms with van der Waals surface area (Å²) in [4.78, 5) is 23.7. The molecular weight excluding hydrogens is 302 g/mol. The maximum atomic E-state index is 11.9. The van der Waals surface area contributed by atoms with E-state index in [1.807, 2.05) is 26.0 Å². The summed E-state index contributed by atoms with van der Waals surface area (Å²) in [6.45, 7) is 3.53. The largest absolute Gasteiger partial charge is 0.452 e. The lowest BCUT2D eigenvalue weighted by Crippen LogP contribution is -2.21. The Bertz CT molecular complexity index is 713. The van der Waals surface area contributed by atoms with Gasteiger partial charge in [0.1, 0.15) is 0 Å². The van der Waals surface area contributed by atoms with Gasteiger partial charge in [0, 0.05) is 10.7 Å². The fourth-order valence-corrected chi connectivity index (χ4v) is 2.09. The van der Waals surface area contributed by atoms with Crippen LogP contribution in [0.2, 0.25) is 5.02 Å². The second-order valence-corrected chi connectivity index (χ2v) is 5.32. The molecule has 0 aromatic heterocycles.